The van der Waals surface area contributed by atoms with E-state index in [-0.39, 0.29) is 17.6 Å². The lowest BCUT2D eigenvalue weighted by atomic mass is 10.1. The summed E-state index contributed by atoms with van der Waals surface area (Å²) in [5.74, 6) is -0.457. The summed E-state index contributed by atoms with van der Waals surface area (Å²) in [6.45, 7) is -0.267. The van der Waals surface area contributed by atoms with Crippen LogP contribution >= 0.6 is 0 Å². The first-order chi connectivity index (χ1) is 11.4. The molecule has 1 aromatic carbocycles. The molecule has 0 spiro atoms. The van der Waals surface area contributed by atoms with Gasteiger partial charge in [0.05, 0.1) is 12.1 Å². The van der Waals surface area contributed by atoms with E-state index in [1.165, 1.54) is 17.0 Å². The Labute approximate surface area is 134 Å². The number of pyridine rings is 2. The van der Waals surface area contributed by atoms with Gasteiger partial charge in [0, 0.05) is 23.3 Å². The van der Waals surface area contributed by atoms with Crippen molar-refractivity contribution >= 4 is 16.7 Å². The van der Waals surface area contributed by atoms with E-state index in [1.807, 2.05) is 0 Å². The van der Waals surface area contributed by atoms with Crippen molar-refractivity contribution in [3.8, 4) is 0 Å². The first kappa shape index (κ1) is 15.9. The standard InChI is InChI=1S/C17H11F3N2O2/c18-17(19,20)13-5-3-11(4-6-13)14(23)10-22-9-7-12-2-1-8-21-15(12)16(22)24/h1-9H,10H2. The highest BCUT2D eigenvalue weighted by atomic mass is 19.4. The van der Waals surface area contributed by atoms with Crippen LogP contribution in [-0.2, 0) is 12.7 Å². The van der Waals surface area contributed by atoms with E-state index in [0.29, 0.717) is 5.39 Å². The monoisotopic (exact) mass is 332 g/mol. The number of hydrogen-bond acceptors (Lipinski definition) is 3. The van der Waals surface area contributed by atoms with Crippen molar-refractivity contribution in [2.45, 2.75) is 12.7 Å². The fraction of sp³-hybridized carbons (Fsp3) is 0.118. The molecule has 0 fully saturated rings. The van der Waals surface area contributed by atoms with Gasteiger partial charge in [-0.15, -0.1) is 0 Å². The van der Waals surface area contributed by atoms with Gasteiger partial charge in [-0.2, -0.15) is 13.2 Å². The van der Waals surface area contributed by atoms with E-state index in [0.717, 1.165) is 24.3 Å². The summed E-state index contributed by atoms with van der Waals surface area (Å²) in [5, 5.41) is 0.653. The van der Waals surface area contributed by atoms with Crippen LogP contribution in [0.1, 0.15) is 15.9 Å². The van der Waals surface area contributed by atoms with Crippen LogP contribution in [0.2, 0.25) is 0 Å². The maximum atomic E-state index is 12.5. The number of halogens is 3. The number of aromatic nitrogens is 2. The predicted molar refractivity (Wildman–Crippen MR) is 81.8 cm³/mol. The van der Waals surface area contributed by atoms with Gasteiger partial charge in [-0.1, -0.05) is 18.2 Å². The SMILES string of the molecule is O=C(Cn1ccc2cccnc2c1=O)c1ccc(C(F)(F)F)cc1. The molecule has 3 aromatic rings. The summed E-state index contributed by atoms with van der Waals surface area (Å²) in [6.07, 6.45) is -1.51. The number of fused-ring (bicyclic) bond motifs is 1. The molecule has 4 nitrogen and oxygen atoms in total. The van der Waals surface area contributed by atoms with Gasteiger partial charge in [-0.05, 0) is 24.3 Å². The van der Waals surface area contributed by atoms with E-state index >= 15 is 0 Å². The third kappa shape index (κ3) is 3.05. The van der Waals surface area contributed by atoms with Crippen LogP contribution < -0.4 is 5.56 Å². The number of hydrogen-bond donors (Lipinski definition) is 0. The Morgan fingerprint density at radius 2 is 1.79 bits per heavy atom. The van der Waals surface area contributed by atoms with Gasteiger partial charge in [0.15, 0.2) is 5.78 Å². The molecule has 0 radical (unpaired) electrons. The Morgan fingerprint density at radius 3 is 2.46 bits per heavy atom. The molecule has 0 atom stereocenters. The second-order valence-corrected chi connectivity index (χ2v) is 5.19. The molecule has 0 saturated heterocycles. The number of Topliss-reactive ketones (excluding diaryl/α,β-unsaturated/α-hetero) is 1. The molecular weight excluding hydrogens is 321 g/mol. The van der Waals surface area contributed by atoms with Crippen LogP contribution in [0.5, 0.6) is 0 Å². The molecular formula is C17H11F3N2O2. The molecule has 0 aliphatic carbocycles. The van der Waals surface area contributed by atoms with Crippen molar-refractivity contribution < 1.29 is 18.0 Å². The lowest BCUT2D eigenvalue weighted by Crippen LogP contribution is -2.24. The minimum atomic E-state index is -4.46. The van der Waals surface area contributed by atoms with Gasteiger partial charge in [-0.3, -0.25) is 14.6 Å². The number of benzene rings is 1. The zero-order chi connectivity index (χ0) is 17.3. The third-order valence-electron chi connectivity index (χ3n) is 3.58. The number of nitrogens with zero attached hydrogens (tertiary/aromatic N) is 2. The maximum absolute atomic E-state index is 12.5. The molecule has 0 unspecified atom stereocenters. The van der Waals surface area contributed by atoms with E-state index in [4.69, 9.17) is 0 Å². The van der Waals surface area contributed by atoms with Crippen LogP contribution in [0, 0.1) is 0 Å². The quantitative estimate of drug-likeness (QED) is 0.692. The molecule has 122 valence electrons. The van der Waals surface area contributed by atoms with Crippen molar-refractivity contribution in [2.75, 3.05) is 0 Å². The van der Waals surface area contributed by atoms with Gasteiger partial charge in [-0.25, -0.2) is 0 Å². The predicted octanol–water partition coefficient (Wildman–Crippen LogP) is 3.30. The molecule has 0 amide bonds. The van der Waals surface area contributed by atoms with Gasteiger partial charge in [0.1, 0.15) is 5.52 Å². The Balaban J connectivity index is 1.87. The highest BCUT2D eigenvalue weighted by Crippen LogP contribution is 2.29. The molecule has 0 aliphatic rings. The lowest BCUT2D eigenvalue weighted by molar-refractivity contribution is -0.137. The van der Waals surface area contributed by atoms with E-state index in [2.05, 4.69) is 4.98 Å². The van der Waals surface area contributed by atoms with Gasteiger partial charge in [0.2, 0.25) is 0 Å². The highest BCUT2D eigenvalue weighted by molar-refractivity contribution is 5.96. The van der Waals surface area contributed by atoms with Crippen molar-refractivity contribution in [3.05, 3.63) is 76.3 Å². The Kier molecular flexibility index (Phi) is 3.92. The second-order valence-electron chi connectivity index (χ2n) is 5.19. The summed E-state index contributed by atoms with van der Waals surface area (Å²) in [4.78, 5) is 28.5. The zero-order valence-electron chi connectivity index (χ0n) is 12.2. The minimum absolute atomic E-state index is 0.107. The summed E-state index contributed by atoms with van der Waals surface area (Å²) in [5.41, 5.74) is -0.907. The maximum Gasteiger partial charge on any atom is 0.416 e. The van der Waals surface area contributed by atoms with Gasteiger partial charge >= 0.3 is 6.18 Å². The molecule has 2 aromatic heterocycles. The first-order valence-electron chi connectivity index (χ1n) is 7.01. The molecule has 7 heteroatoms. The summed E-state index contributed by atoms with van der Waals surface area (Å²) < 4.78 is 38.8. The number of ketones is 1. The molecule has 3 rings (SSSR count). The normalized spacial score (nSPS) is 11.6. The average molecular weight is 332 g/mol. The Morgan fingerprint density at radius 1 is 1.08 bits per heavy atom. The zero-order valence-corrected chi connectivity index (χ0v) is 12.2. The number of carbonyl (C=O) groups is 1. The number of alkyl halides is 3. The molecule has 0 saturated carbocycles. The Hall–Kier alpha value is -2.96. The van der Waals surface area contributed by atoms with E-state index < -0.39 is 23.1 Å². The first-order valence-corrected chi connectivity index (χ1v) is 7.01. The van der Waals surface area contributed by atoms with E-state index in [9.17, 15) is 22.8 Å². The van der Waals surface area contributed by atoms with Crippen molar-refractivity contribution in [2.24, 2.45) is 0 Å². The fourth-order valence-electron chi connectivity index (χ4n) is 2.32. The van der Waals surface area contributed by atoms with Crippen molar-refractivity contribution in [3.63, 3.8) is 0 Å². The molecule has 0 N–H and O–H groups in total. The number of rotatable bonds is 3. The molecule has 2 heterocycles. The fourth-order valence-corrected chi connectivity index (χ4v) is 2.32. The largest absolute Gasteiger partial charge is 0.416 e. The average Bonchev–Trinajstić information content (AvgIpc) is 2.57. The molecule has 24 heavy (non-hydrogen) atoms. The summed E-state index contributed by atoms with van der Waals surface area (Å²) >= 11 is 0. The Bertz CT molecular complexity index is 960. The van der Waals surface area contributed by atoms with E-state index in [1.54, 1.807) is 18.2 Å². The van der Waals surface area contributed by atoms with Crippen LogP contribution in [0.3, 0.4) is 0 Å². The molecule has 0 bridgehead atoms. The minimum Gasteiger partial charge on any atom is -0.306 e. The molecule has 0 aliphatic heterocycles. The van der Waals surface area contributed by atoms with Crippen LogP contribution in [0.15, 0.2) is 59.7 Å². The van der Waals surface area contributed by atoms with Crippen LogP contribution in [-0.4, -0.2) is 15.3 Å². The van der Waals surface area contributed by atoms with Crippen LogP contribution in [0.4, 0.5) is 13.2 Å². The van der Waals surface area contributed by atoms with Crippen molar-refractivity contribution in [1.29, 1.82) is 0 Å². The highest BCUT2D eigenvalue weighted by Gasteiger charge is 2.30. The lowest BCUT2D eigenvalue weighted by Gasteiger charge is -2.08. The van der Waals surface area contributed by atoms with Crippen molar-refractivity contribution in [1.82, 2.24) is 9.55 Å². The van der Waals surface area contributed by atoms with Gasteiger partial charge < -0.3 is 4.57 Å². The van der Waals surface area contributed by atoms with Crippen LogP contribution in [0.25, 0.3) is 10.9 Å². The van der Waals surface area contributed by atoms with Gasteiger partial charge in [0.25, 0.3) is 5.56 Å². The summed E-state index contributed by atoms with van der Waals surface area (Å²) in [7, 11) is 0. The topological polar surface area (TPSA) is 52.0 Å². The summed E-state index contributed by atoms with van der Waals surface area (Å²) in [6, 6.07) is 8.98. The second kappa shape index (κ2) is 5.92. The third-order valence-corrected chi connectivity index (χ3v) is 3.58. The number of carbonyl (C=O) groups excluding carboxylic acids is 1. The smallest absolute Gasteiger partial charge is 0.306 e.